The molecule has 1 N–H and O–H groups in total. The fourth-order valence-electron chi connectivity index (χ4n) is 3.04. The van der Waals surface area contributed by atoms with Gasteiger partial charge in [0, 0.05) is 17.3 Å². The molecule has 3 heterocycles. The third-order valence-electron chi connectivity index (χ3n) is 5.07. The summed E-state index contributed by atoms with van der Waals surface area (Å²) in [5.41, 5.74) is 5.18. The van der Waals surface area contributed by atoms with E-state index in [1.165, 1.54) is 6.39 Å². The van der Waals surface area contributed by atoms with E-state index < -0.39 is 0 Å². The largest absolute Gasteiger partial charge is 0.443 e. The Morgan fingerprint density at radius 2 is 2.04 bits per heavy atom. The molecular weight excluding hydrogens is 374 g/mol. The molecule has 0 saturated carbocycles. The van der Waals surface area contributed by atoms with Crippen LogP contribution in [0.3, 0.4) is 0 Å². The van der Waals surface area contributed by atoms with Crippen LogP contribution in [0.4, 0.5) is 4.79 Å². The van der Waals surface area contributed by atoms with Crippen molar-refractivity contribution in [3.8, 4) is 11.3 Å². The maximum Gasteiger partial charge on any atom is 0.290 e. The minimum absolute atomic E-state index is 0.0578. The second-order valence-corrected chi connectivity index (χ2v) is 8.31. The molecule has 7 heteroatoms. The van der Waals surface area contributed by atoms with E-state index in [4.69, 9.17) is 4.42 Å². The quantitative estimate of drug-likeness (QED) is 0.635. The Morgan fingerprint density at radius 3 is 2.68 bits per heavy atom. The zero-order valence-electron chi connectivity index (χ0n) is 15.8. The normalized spacial score (nSPS) is 16.2. The number of oxazole rings is 1. The number of benzene rings is 1. The number of hydrogen-bond donors (Lipinski definition) is 1. The van der Waals surface area contributed by atoms with Gasteiger partial charge in [-0.05, 0) is 53.4 Å². The summed E-state index contributed by atoms with van der Waals surface area (Å²) in [7, 11) is 0. The van der Waals surface area contributed by atoms with Crippen LogP contribution in [0, 0.1) is 0 Å². The summed E-state index contributed by atoms with van der Waals surface area (Å²) < 4.78 is 5.63. The van der Waals surface area contributed by atoms with Crippen molar-refractivity contribution in [1.29, 1.82) is 0 Å². The molecule has 2 amide bonds. The predicted molar refractivity (Wildman–Crippen MR) is 110 cm³/mol. The summed E-state index contributed by atoms with van der Waals surface area (Å²) >= 11 is 0.894. The topological polar surface area (TPSA) is 85.1 Å². The molecule has 0 atom stereocenters. The van der Waals surface area contributed by atoms with Gasteiger partial charge in [0.2, 0.25) is 0 Å². The van der Waals surface area contributed by atoms with Crippen LogP contribution >= 0.6 is 11.8 Å². The van der Waals surface area contributed by atoms with Crippen molar-refractivity contribution in [3.05, 3.63) is 52.9 Å². The summed E-state index contributed by atoms with van der Waals surface area (Å²) in [5, 5.41) is 1.89. The fourth-order valence-corrected chi connectivity index (χ4v) is 3.73. The van der Waals surface area contributed by atoms with E-state index in [2.05, 4.69) is 42.1 Å². The minimum atomic E-state index is -0.373. The van der Waals surface area contributed by atoms with Crippen molar-refractivity contribution in [2.24, 2.45) is 0 Å². The number of hydrogen-bond acceptors (Lipinski definition) is 6. The lowest BCUT2D eigenvalue weighted by Gasteiger charge is -2.23. The molecular formula is C21H19N3O3S. The maximum absolute atomic E-state index is 11.7. The number of imide groups is 1. The van der Waals surface area contributed by atoms with Gasteiger partial charge in [0.15, 0.2) is 12.0 Å². The lowest BCUT2D eigenvalue weighted by atomic mass is 9.81. The highest BCUT2D eigenvalue weighted by molar-refractivity contribution is 8.18. The van der Waals surface area contributed by atoms with Gasteiger partial charge in [-0.2, -0.15) is 0 Å². The van der Waals surface area contributed by atoms with E-state index in [9.17, 15) is 9.59 Å². The highest BCUT2D eigenvalue weighted by Gasteiger charge is 2.25. The number of carbonyl (C=O) groups is 2. The molecule has 0 bridgehead atoms. The predicted octanol–water partition coefficient (Wildman–Crippen LogP) is 4.90. The number of thioether (sulfide) groups is 1. The van der Waals surface area contributed by atoms with Crippen LogP contribution in [0.25, 0.3) is 28.4 Å². The van der Waals surface area contributed by atoms with Crippen molar-refractivity contribution < 1.29 is 14.0 Å². The number of aromatic nitrogens is 2. The molecule has 0 spiro atoms. The number of fused-ring (bicyclic) bond motifs is 1. The number of amides is 2. The third kappa shape index (κ3) is 3.33. The molecule has 142 valence electrons. The Balaban J connectivity index is 1.72. The first-order chi connectivity index (χ1) is 13.4. The van der Waals surface area contributed by atoms with Crippen LogP contribution in [0.15, 0.2) is 46.2 Å². The van der Waals surface area contributed by atoms with Crippen LogP contribution in [0.2, 0.25) is 0 Å². The van der Waals surface area contributed by atoms with Gasteiger partial charge >= 0.3 is 0 Å². The Bertz CT molecular complexity index is 1110. The molecule has 2 aromatic heterocycles. The molecule has 0 radical (unpaired) electrons. The molecule has 1 aliphatic rings. The molecule has 6 nitrogen and oxygen atoms in total. The molecule has 3 aromatic rings. The zero-order chi connectivity index (χ0) is 19.9. The van der Waals surface area contributed by atoms with E-state index in [0.717, 1.165) is 51.7 Å². The molecule has 1 aromatic carbocycles. The van der Waals surface area contributed by atoms with Gasteiger partial charge in [0.25, 0.3) is 11.1 Å². The van der Waals surface area contributed by atoms with Crippen molar-refractivity contribution in [2.75, 3.05) is 0 Å². The van der Waals surface area contributed by atoms with E-state index in [-0.39, 0.29) is 16.6 Å². The van der Waals surface area contributed by atoms with Crippen LogP contribution in [-0.2, 0) is 10.2 Å². The molecule has 0 aliphatic carbocycles. The van der Waals surface area contributed by atoms with Crippen molar-refractivity contribution in [3.63, 3.8) is 0 Å². The second kappa shape index (κ2) is 6.91. The first-order valence-electron chi connectivity index (χ1n) is 8.96. The first-order valence-corrected chi connectivity index (χ1v) is 9.78. The van der Waals surface area contributed by atoms with Gasteiger partial charge in [-0.1, -0.05) is 26.8 Å². The molecule has 4 rings (SSSR count). The van der Waals surface area contributed by atoms with E-state index >= 15 is 0 Å². The lowest BCUT2D eigenvalue weighted by Crippen LogP contribution is -2.17. The number of carbonyl (C=O) groups excluding carboxylic acids is 2. The number of pyridine rings is 1. The van der Waals surface area contributed by atoms with Gasteiger partial charge in [-0.3, -0.25) is 19.9 Å². The number of nitrogens with zero attached hydrogens (tertiary/aromatic N) is 2. The van der Waals surface area contributed by atoms with Crippen molar-refractivity contribution in [2.45, 2.75) is 32.6 Å². The minimum Gasteiger partial charge on any atom is -0.443 e. The summed E-state index contributed by atoms with van der Waals surface area (Å²) in [6, 6.07) is 7.85. The summed E-state index contributed by atoms with van der Waals surface area (Å²) in [6.45, 7) is 6.52. The maximum atomic E-state index is 11.7. The molecule has 28 heavy (non-hydrogen) atoms. The fraction of sp³-hybridized carbons (Fsp3) is 0.238. The zero-order valence-corrected chi connectivity index (χ0v) is 16.6. The van der Waals surface area contributed by atoms with Crippen LogP contribution in [0.5, 0.6) is 0 Å². The highest BCUT2D eigenvalue weighted by atomic mass is 32.2. The van der Waals surface area contributed by atoms with Crippen LogP contribution in [0.1, 0.15) is 38.3 Å². The standard InChI is InChI=1S/C21H19N3O3S/c1-4-21(2,3)14-8-13(9-16-18(14)27-11-23-16)15-6-5-12(10-22-15)7-17-19(25)24-20(26)28-17/h5-11H,4H2,1-3H3,(H,24,25,26)/b17-7-. The average Bonchev–Trinajstić information content (AvgIpc) is 3.27. The Kier molecular flexibility index (Phi) is 4.55. The van der Waals surface area contributed by atoms with E-state index in [1.54, 1.807) is 12.3 Å². The smallest absolute Gasteiger partial charge is 0.290 e. The van der Waals surface area contributed by atoms with Crippen LogP contribution in [-0.4, -0.2) is 21.1 Å². The molecule has 1 saturated heterocycles. The Hall–Kier alpha value is -2.93. The number of nitrogens with one attached hydrogen (secondary N) is 1. The first kappa shape index (κ1) is 18.4. The van der Waals surface area contributed by atoms with Gasteiger partial charge in [-0.15, -0.1) is 0 Å². The molecule has 0 unspecified atom stereocenters. The Morgan fingerprint density at radius 1 is 1.21 bits per heavy atom. The van der Waals surface area contributed by atoms with Gasteiger partial charge in [0.1, 0.15) is 5.52 Å². The van der Waals surface area contributed by atoms with E-state index in [0.29, 0.717) is 4.91 Å². The molecule has 1 aliphatic heterocycles. The van der Waals surface area contributed by atoms with E-state index in [1.807, 2.05) is 18.2 Å². The Labute approximate surface area is 166 Å². The van der Waals surface area contributed by atoms with Crippen molar-refractivity contribution >= 4 is 40.1 Å². The van der Waals surface area contributed by atoms with Crippen LogP contribution < -0.4 is 5.32 Å². The van der Waals surface area contributed by atoms with Gasteiger partial charge in [0.05, 0.1) is 10.6 Å². The summed E-state index contributed by atoms with van der Waals surface area (Å²) in [5.74, 6) is -0.373. The lowest BCUT2D eigenvalue weighted by molar-refractivity contribution is -0.115. The third-order valence-corrected chi connectivity index (χ3v) is 5.88. The second-order valence-electron chi connectivity index (χ2n) is 7.29. The SMILES string of the molecule is CCC(C)(C)c1cc(-c2ccc(/C=C3\SC(=O)NC3=O)cn2)cc2ncoc12. The van der Waals surface area contributed by atoms with Crippen molar-refractivity contribution in [1.82, 2.24) is 15.3 Å². The number of rotatable bonds is 4. The monoisotopic (exact) mass is 393 g/mol. The van der Waals surface area contributed by atoms with Gasteiger partial charge in [-0.25, -0.2) is 4.98 Å². The summed E-state index contributed by atoms with van der Waals surface area (Å²) in [4.78, 5) is 32.2. The highest BCUT2D eigenvalue weighted by Crippen LogP contribution is 2.36. The summed E-state index contributed by atoms with van der Waals surface area (Å²) in [6.07, 6.45) is 5.79. The molecule has 1 fully saturated rings. The van der Waals surface area contributed by atoms with Gasteiger partial charge < -0.3 is 4.42 Å². The average molecular weight is 393 g/mol.